The molecule has 5 heteroatoms. The van der Waals surface area contributed by atoms with E-state index in [1.807, 2.05) is 54.7 Å². The number of rotatable bonds is 2. The summed E-state index contributed by atoms with van der Waals surface area (Å²) in [6.07, 6.45) is 1.97. The first kappa shape index (κ1) is 32.1. The average Bonchev–Trinajstić information content (AvgIpc) is 2.96. The van der Waals surface area contributed by atoms with Crippen LogP contribution in [0.15, 0.2) is 97.2 Å². The number of aromatic nitrogens is 2. The van der Waals surface area contributed by atoms with Crippen molar-refractivity contribution >= 4 is 21.5 Å². The van der Waals surface area contributed by atoms with Crippen LogP contribution in [0.25, 0.3) is 44.1 Å². The molecule has 2 aromatic heterocycles. The van der Waals surface area contributed by atoms with Gasteiger partial charge in [-0.2, -0.15) is 4.39 Å². The van der Waals surface area contributed by atoms with Gasteiger partial charge in [0.1, 0.15) is 5.82 Å². The fourth-order valence-corrected chi connectivity index (χ4v) is 4.74. The van der Waals surface area contributed by atoms with Crippen molar-refractivity contribution in [2.75, 3.05) is 0 Å². The third-order valence-electron chi connectivity index (χ3n) is 7.30. The Morgan fingerprint density at radius 3 is 1.91 bits per heavy atom. The minimum atomic E-state index is -0.832. The van der Waals surface area contributed by atoms with Gasteiger partial charge in [-0.15, -0.1) is 59.2 Å². The van der Waals surface area contributed by atoms with Crippen molar-refractivity contribution in [1.29, 1.82) is 0 Å². The van der Waals surface area contributed by atoms with E-state index >= 15 is 0 Å². The zero-order valence-corrected chi connectivity index (χ0v) is 27.6. The van der Waals surface area contributed by atoms with E-state index in [0.29, 0.717) is 5.56 Å². The maximum atomic E-state index is 13.4. The average molecular weight is 749 g/mol. The third kappa shape index (κ3) is 7.60. The summed E-state index contributed by atoms with van der Waals surface area (Å²) in [5, 5.41) is 4.25. The Bertz CT molecular complexity index is 1770. The van der Waals surface area contributed by atoms with Crippen LogP contribution in [0.5, 0.6) is 0 Å². The van der Waals surface area contributed by atoms with Crippen LogP contribution in [0.1, 0.15) is 52.7 Å². The maximum absolute atomic E-state index is 13.4. The second-order valence-electron chi connectivity index (χ2n) is 12.6. The molecule has 0 aliphatic heterocycles. The quantitative estimate of drug-likeness (QED) is 0.100. The summed E-state index contributed by atoms with van der Waals surface area (Å²) in [7, 11) is 0. The van der Waals surface area contributed by atoms with Crippen LogP contribution in [0.4, 0.5) is 8.78 Å². The molecule has 0 atom stereocenters. The number of fused-ring (bicyclic) bond motifs is 3. The first-order valence-electron chi connectivity index (χ1n) is 14.0. The normalized spacial score (nSPS) is 11.5. The van der Waals surface area contributed by atoms with E-state index < -0.39 is 11.8 Å². The van der Waals surface area contributed by atoms with Gasteiger partial charge < -0.3 is 4.98 Å². The molecule has 0 saturated heterocycles. The van der Waals surface area contributed by atoms with E-state index in [2.05, 4.69) is 94.0 Å². The van der Waals surface area contributed by atoms with E-state index in [9.17, 15) is 8.78 Å². The predicted octanol–water partition coefficient (Wildman–Crippen LogP) is 10.3. The van der Waals surface area contributed by atoms with Crippen molar-refractivity contribution in [3.63, 3.8) is 0 Å². The Labute approximate surface area is 266 Å². The number of hydrogen-bond donors (Lipinski definition) is 0. The summed E-state index contributed by atoms with van der Waals surface area (Å²) >= 11 is 0. The van der Waals surface area contributed by atoms with E-state index in [1.165, 1.54) is 17.2 Å². The number of halogens is 2. The largest absolute Gasteiger partial charge is 0.304 e. The molecule has 0 spiro atoms. The van der Waals surface area contributed by atoms with Gasteiger partial charge in [-0.05, 0) is 44.6 Å². The molecular formula is C38H34F2IrN2-2. The molecule has 0 N–H and O–H groups in total. The second kappa shape index (κ2) is 12.8. The van der Waals surface area contributed by atoms with Crippen molar-refractivity contribution in [2.45, 2.75) is 52.4 Å². The molecule has 0 aliphatic carbocycles. The summed E-state index contributed by atoms with van der Waals surface area (Å²) in [4.78, 5) is 8.33. The molecule has 0 unspecified atom stereocenters. The molecule has 0 fully saturated rings. The van der Waals surface area contributed by atoms with Crippen molar-refractivity contribution in [3.05, 3.63) is 132 Å². The van der Waals surface area contributed by atoms with Gasteiger partial charge in [-0.25, -0.2) is 4.39 Å². The molecule has 4 aromatic carbocycles. The Hall–Kier alpha value is -3.79. The summed E-state index contributed by atoms with van der Waals surface area (Å²) in [6, 6.07) is 34.8. The molecule has 43 heavy (non-hydrogen) atoms. The molecule has 0 amide bonds. The van der Waals surface area contributed by atoms with Crippen molar-refractivity contribution in [2.24, 2.45) is 0 Å². The summed E-state index contributed by atoms with van der Waals surface area (Å²) in [6.45, 7) is 13.3. The Morgan fingerprint density at radius 2 is 1.28 bits per heavy atom. The molecule has 221 valence electrons. The van der Waals surface area contributed by atoms with E-state index in [-0.39, 0.29) is 36.6 Å². The first-order valence-corrected chi connectivity index (χ1v) is 14.0. The second-order valence-corrected chi connectivity index (χ2v) is 12.6. The van der Waals surface area contributed by atoms with Gasteiger partial charge in [0.15, 0.2) is 0 Å². The van der Waals surface area contributed by atoms with E-state index in [0.717, 1.165) is 38.9 Å². The maximum Gasteiger partial charge on any atom is 0.207 e. The SMILES string of the molecule is CC(C)(C)c1c[c-]c(-c2ccc(C(C)(C)C)cn2)cc1.Fc1cc(F)nc(-c2[c-]cc3ccc4ccccc4c3c2)c1.[Ir]. The number of pyridine rings is 2. The van der Waals surface area contributed by atoms with Crippen LogP contribution in [0, 0.1) is 23.9 Å². The Morgan fingerprint density at radius 1 is 0.605 bits per heavy atom. The zero-order valence-electron chi connectivity index (χ0n) is 25.2. The first-order chi connectivity index (χ1) is 19.9. The third-order valence-corrected chi connectivity index (χ3v) is 7.30. The van der Waals surface area contributed by atoms with Crippen LogP contribution in [-0.2, 0) is 30.9 Å². The van der Waals surface area contributed by atoms with Gasteiger partial charge in [0.05, 0.1) is 0 Å². The van der Waals surface area contributed by atoms with Crippen molar-refractivity contribution in [1.82, 2.24) is 9.97 Å². The monoisotopic (exact) mass is 749 g/mol. The van der Waals surface area contributed by atoms with Gasteiger partial charge in [-0.1, -0.05) is 101 Å². The molecule has 1 radical (unpaired) electrons. The molecule has 2 nitrogen and oxygen atoms in total. The van der Waals surface area contributed by atoms with Gasteiger partial charge in [-0.3, -0.25) is 4.98 Å². The minimum absolute atomic E-state index is 0. The van der Waals surface area contributed by atoms with Crippen LogP contribution in [-0.4, -0.2) is 9.97 Å². The summed E-state index contributed by atoms with van der Waals surface area (Å²) < 4.78 is 26.7. The Kier molecular flexibility index (Phi) is 9.59. The zero-order chi connectivity index (χ0) is 30.1. The van der Waals surface area contributed by atoms with Crippen LogP contribution < -0.4 is 0 Å². The topological polar surface area (TPSA) is 25.8 Å². The fraction of sp³-hybridized carbons (Fsp3) is 0.211. The molecule has 0 aliphatic rings. The molecule has 6 rings (SSSR count). The number of nitrogens with zero attached hydrogens (tertiary/aromatic N) is 2. The molecule has 6 aromatic rings. The van der Waals surface area contributed by atoms with Gasteiger partial charge in [0.25, 0.3) is 0 Å². The molecule has 0 bridgehead atoms. The Balaban J connectivity index is 0.000000194. The van der Waals surface area contributed by atoms with Crippen LogP contribution in [0.2, 0.25) is 0 Å². The van der Waals surface area contributed by atoms with E-state index in [1.54, 1.807) is 0 Å². The molecular weight excluding hydrogens is 715 g/mol. The van der Waals surface area contributed by atoms with Gasteiger partial charge in [0.2, 0.25) is 5.95 Å². The van der Waals surface area contributed by atoms with Crippen molar-refractivity contribution in [3.8, 4) is 22.5 Å². The van der Waals surface area contributed by atoms with Crippen molar-refractivity contribution < 1.29 is 28.9 Å². The summed E-state index contributed by atoms with van der Waals surface area (Å²) in [5.41, 5.74) is 5.72. The molecule has 0 saturated carbocycles. The molecule has 2 heterocycles. The number of benzene rings is 4. The van der Waals surface area contributed by atoms with E-state index in [4.69, 9.17) is 0 Å². The van der Waals surface area contributed by atoms with Crippen LogP contribution in [0.3, 0.4) is 0 Å². The van der Waals surface area contributed by atoms with Gasteiger partial charge in [0, 0.05) is 32.4 Å². The minimum Gasteiger partial charge on any atom is -0.304 e. The fourth-order valence-electron chi connectivity index (χ4n) is 4.74. The summed E-state index contributed by atoms with van der Waals surface area (Å²) in [5.74, 6) is -1.48. The van der Waals surface area contributed by atoms with Crippen LogP contribution >= 0.6 is 0 Å². The smallest absolute Gasteiger partial charge is 0.207 e. The van der Waals surface area contributed by atoms with Gasteiger partial charge >= 0.3 is 0 Å². The predicted molar refractivity (Wildman–Crippen MR) is 169 cm³/mol. The standard InChI is InChI=1S/C19H10F2N.C19H24N.Ir/c20-15-10-18(22-19(21)11-15)14-8-7-13-6-5-12-3-1-2-4-16(12)17(13)9-14;1-18(2,3)15-9-7-14(8-10-15)17-12-11-16(13-20-17)19(4,5)6;/h1-7,9-11H;7,9-13H,1-6H3;/q2*-1;. The number of hydrogen-bond acceptors (Lipinski definition) is 2.